The number of aryl methyl sites for hydroxylation is 2. The first-order chi connectivity index (χ1) is 15.4. The number of phenols is 1. The number of aromatic hydroxyl groups is 1. The van der Waals surface area contributed by atoms with Crippen molar-refractivity contribution < 1.29 is 14.6 Å². The number of ether oxygens (including phenoxy) is 1. The molecule has 0 atom stereocenters. The maximum Gasteiger partial charge on any atom is 0.182 e. The van der Waals surface area contributed by atoms with E-state index in [0.717, 1.165) is 22.6 Å². The highest BCUT2D eigenvalue weighted by Gasteiger charge is 2.13. The number of nitrogens with zero attached hydrogens (tertiary/aromatic N) is 3. The van der Waals surface area contributed by atoms with E-state index >= 15 is 0 Å². The molecule has 4 aromatic rings. The van der Waals surface area contributed by atoms with Crippen LogP contribution in [0.2, 0.25) is 0 Å². The van der Waals surface area contributed by atoms with Crippen LogP contribution in [0.5, 0.6) is 11.5 Å². The van der Waals surface area contributed by atoms with Crippen LogP contribution in [0.1, 0.15) is 48.8 Å². The van der Waals surface area contributed by atoms with Gasteiger partial charge in [0.1, 0.15) is 17.2 Å². The van der Waals surface area contributed by atoms with Gasteiger partial charge in [-0.2, -0.15) is 5.10 Å². The number of hydrogen-bond acceptors (Lipinski definition) is 5. The molecule has 0 amide bonds. The highest BCUT2D eigenvalue weighted by molar-refractivity contribution is 5.95. The number of phenolic OH excluding ortho intramolecular Hbond substituents is 1. The summed E-state index contributed by atoms with van der Waals surface area (Å²) < 4.78 is 7.08. The standard InChI is InChI=1S/C17H17N3O2.C7H8O.C2H6/c1-4-15(21)13-10-17-18-8-7-14(20(17)19-13)12-6-5-11(2)16(9-12)22-3;1-6-2-4-7(8)5-3-6;1-2/h5-10H,4H2,1-3H3;2-5,8H,1H3;1-2H3. The van der Waals surface area contributed by atoms with Gasteiger partial charge in [0.15, 0.2) is 11.4 Å². The molecule has 2 heterocycles. The average molecular weight is 434 g/mol. The predicted molar refractivity (Wildman–Crippen MR) is 129 cm³/mol. The molecule has 0 unspecified atom stereocenters. The van der Waals surface area contributed by atoms with Crippen molar-refractivity contribution in [3.8, 4) is 22.8 Å². The summed E-state index contributed by atoms with van der Waals surface area (Å²) in [5, 5.41) is 13.2. The summed E-state index contributed by atoms with van der Waals surface area (Å²) in [7, 11) is 1.65. The first kappa shape index (κ1) is 24.6. The van der Waals surface area contributed by atoms with Gasteiger partial charge >= 0.3 is 0 Å². The number of carbonyl (C=O) groups excluding carboxylic acids is 1. The summed E-state index contributed by atoms with van der Waals surface area (Å²) in [5.74, 6) is 1.16. The van der Waals surface area contributed by atoms with E-state index in [-0.39, 0.29) is 5.78 Å². The maximum absolute atomic E-state index is 11.9. The van der Waals surface area contributed by atoms with Crippen molar-refractivity contribution in [2.45, 2.75) is 41.0 Å². The lowest BCUT2D eigenvalue weighted by atomic mass is 10.1. The van der Waals surface area contributed by atoms with Crippen molar-refractivity contribution in [3.63, 3.8) is 0 Å². The minimum atomic E-state index is 0.0120. The van der Waals surface area contributed by atoms with Gasteiger partial charge in [-0.15, -0.1) is 0 Å². The van der Waals surface area contributed by atoms with Gasteiger partial charge in [0.25, 0.3) is 0 Å². The summed E-state index contributed by atoms with van der Waals surface area (Å²) in [5.41, 5.74) is 5.18. The highest BCUT2D eigenvalue weighted by Crippen LogP contribution is 2.27. The van der Waals surface area contributed by atoms with Gasteiger partial charge in [-0.1, -0.05) is 50.6 Å². The fourth-order valence-corrected chi connectivity index (χ4v) is 2.96. The van der Waals surface area contributed by atoms with Crippen LogP contribution in [0.25, 0.3) is 16.9 Å². The summed E-state index contributed by atoms with van der Waals surface area (Å²) in [6.07, 6.45) is 2.15. The van der Waals surface area contributed by atoms with E-state index < -0.39 is 0 Å². The third kappa shape index (κ3) is 5.94. The van der Waals surface area contributed by atoms with Crippen LogP contribution in [0.3, 0.4) is 0 Å². The molecule has 0 aliphatic heterocycles. The maximum atomic E-state index is 11.9. The van der Waals surface area contributed by atoms with Crippen molar-refractivity contribution in [3.05, 3.63) is 77.6 Å². The Morgan fingerprint density at radius 3 is 2.31 bits per heavy atom. The second-order valence-corrected chi connectivity index (χ2v) is 6.93. The smallest absolute Gasteiger partial charge is 0.182 e. The Bertz CT molecular complexity index is 1140. The van der Waals surface area contributed by atoms with E-state index in [4.69, 9.17) is 9.84 Å². The summed E-state index contributed by atoms with van der Waals surface area (Å²) in [6.45, 7) is 9.81. The second-order valence-electron chi connectivity index (χ2n) is 6.93. The lowest BCUT2D eigenvalue weighted by Crippen LogP contribution is -2.00. The average Bonchev–Trinajstić information content (AvgIpc) is 3.27. The van der Waals surface area contributed by atoms with Crippen molar-refractivity contribution in [1.29, 1.82) is 0 Å². The van der Waals surface area contributed by atoms with Crippen LogP contribution in [0, 0.1) is 13.8 Å². The van der Waals surface area contributed by atoms with Crippen LogP contribution in [0.15, 0.2) is 60.8 Å². The molecule has 0 saturated heterocycles. The molecule has 4 rings (SSSR count). The van der Waals surface area contributed by atoms with E-state index in [2.05, 4.69) is 10.1 Å². The lowest BCUT2D eigenvalue weighted by molar-refractivity contribution is 0.0983. The monoisotopic (exact) mass is 433 g/mol. The molecule has 0 bridgehead atoms. The van der Waals surface area contributed by atoms with Gasteiger partial charge in [-0.25, -0.2) is 9.50 Å². The van der Waals surface area contributed by atoms with Gasteiger partial charge in [0, 0.05) is 24.2 Å². The highest BCUT2D eigenvalue weighted by atomic mass is 16.5. The van der Waals surface area contributed by atoms with Crippen molar-refractivity contribution >= 4 is 11.4 Å². The largest absolute Gasteiger partial charge is 0.508 e. The van der Waals surface area contributed by atoms with Crippen LogP contribution in [-0.2, 0) is 0 Å². The molecule has 0 fully saturated rings. The van der Waals surface area contributed by atoms with Crippen molar-refractivity contribution in [2.75, 3.05) is 7.11 Å². The molecule has 32 heavy (non-hydrogen) atoms. The number of rotatable bonds is 4. The Kier molecular flexibility index (Phi) is 8.95. The molecule has 0 saturated carbocycles. The number of methoxy groups -OCH3 is 1. The first-order valence-corrected chi connectivity index (χ1v) is 10.7. The summed E-state index contributed by atoms with van der Waals surface area (Å²) in [6, 6.07) is 16.7. The molecule has 0 spiro atoms. The van der Waals surface area contributed by atoms with E-state index in [1.807, 2.05) is 71.0 Å². The van der Waals surface area contributed by atoms with Gasteiger partial charge in [-0.05, 0) is 43.7 Å². The zero-order valence-corrected chi connectivity index (χ0v) is 19.6. The van der Waals surface area contributed by atoms with E-state index in [1.54, 1.807) is 36.0 Å². The van der Waals surface area contributed by atoms with Crippen LogP contribution >= 0.6 is 0 Å². The molecular formula is C26H31N3O3. The first-order valence-electron chi connectivity index (χ1n) is 10.7. The SMILES string of the molecule is CC.CCC(=O)c1cc2nccc(-c3ccc(C)c(OC)c3)n2n1.Cc1ccc(O)cc1. The quantitative estimate of drug-likeness (QED) is 0.398. The number of ketones is 1. The fourth-order valence-electron chi connectivity index (χ4n) is 2.96. The fraction of sp³-hybridized carbons (Fsp3) is 0.269. The molecule has 0 radical (unpaired) electrons. The molecule has 2 aromatic carbocycles. The van der Waals surface area contributed by atoms with E-state index in [9.17, 15) is 4.79 Å². The van der Waals surface area contributed by atoms with Gasteiger partial charge in [0.05, 0.1) is 12.8 Å². The van der Waals surface area contributed by atoms with Crippen LogP contribution in [-0.4, -0.2) is 32.6 Å². The Hall–Kier alpha value is -3.67. The zero-order chi connectivity index (χ0) is 23.7. The number of carbonyl (C=O) groups is 1. The third-order valence-corrected chi connectivity index (χ3v) is 4.70. The molecule has 0 aliphatic carbocycles. The summed E-state index contributed by atoms with van der Waals surface area (Å²) >= 11 is 0. The molecule has 168 valence electrons. The molecular weight excluding hydrogens is 402 g/mol. The molecule has 6 nitrogen and oxygen atoms in total. The Morgan fingerprint density at radius 2 is 1.72 bits per heavy atom. The Labute approximate surface area is 189 Å². The minimum absolute atomic E-state index is 0.0120. The Balaban J connectivity index is 0.000000304. The normalized spacial score (nSPS) is 9.94. The number of aromatic nitrogens is 3. The lowest BCUT2D eigenvalue weighted by Gasteiger charge is -2.09. The third-order valence-electron chi connectivity index (χ3n) is 4.70. The molecule has 6 heteroatoms. The molecule has 1 N–H and O–H groups in total. The number of fused-ring (bicyclic) bond motifs is 1. The van der Waals surface area contributed by atoms with E-state index in [0.29, 0.717) is 23.5 Å². The number of benzene rings is 2. The Morgan fingerprint density at radius 1 is 1.03 bits per heavy atom. The van der Waals surface area contributed by atoms with Crippen molar-refractivity contribution in [1.82, 2.24) is 14.6 Å². The van der Waals surface area contributed by atoms with Crippen molar-refractivity contribution in [2.24, 2.45) is 0 Å². The van der Waals surface area contributed by atoms with Crippen LogP contribution < -0.4 is 4.74 Å². The van der Waals surface area contributed by atoms with Gasteiger partial charge in [-0.3, -0.25) is 4.79 Å². The summed E-state index contributed by atoms with van der Waals surface area (Å²) in [4.78, 5) is 16.1. The predicted octanol–water partition coefficient (Wildman–Crippen LogP) is 6.03. The molecule has 2 aromatic heterocycles. The topological polar surface area (TPSA) is 76.7 Å². The van der Waals surface area contributed by atoms with Gasteiger partial charge < -0.3 is 9.84 Å². The number of hydrogen-bond donors (Lipinski definition) is 1. The van der Waals surface area contributed by atoms with E-state index in [1.165, 1.54) is 5.56 Å². The van der Waals surface area contributed by atoms with Gasteiger partial charge in [0.2, 0.25) is 0 Å². The zero-order valence-electron chi connectivity index (χ0n) is 19.6. The minimum Gasteiger partial charge on any atom is -0.508 e. The number of Topliss-reactive ketones (excluding diaryl/α,β-unsaturated/α-hetero) is 1. The second kappa shape index (κ2) is 11.6. The van der Waals surface area contributed by atoms with Crippen LogP contribution in [0.4, 0.5) is 0 Å². The molecule has 0 aliphatic rings.